The third kappa shape index (κ3) is 13.3. The van der Waals surface area contributed by atoms with Crippen molar-refractivity contribution in [1.82, 2.24) is 19.9 Å². The van der Waals surface area contributed by atoms with Crippen LogP contribution >= 0.6 is 0 Å². The van der Waals surface area contributed by atoms with Crippen LogP contribution in [0.15, 0.2) is 304 Å². The van der Waals surface area contributed by atoms with Gasteiger partial charge >= 0.3 is 0 Å². The van der Waals surface area contributed by atoms with E-state index in [2.05, 4.69) is 348 Å². The Morgan fingerprint density at radius 1 is 0.221 bits per heavy atom. The van der Waals surface area contributed by atoms with Gasteiger partial charge in [0.25, 0.3) is 0 Å². The minimum atomic E-state index is 0.685. The fourth-order valence-electron chi connectivity index (χ4n) is 16.5. The van der Waals surface area contributed by atoms with Gasteiger partial charge in [0.2, 0.25) is 45.6 Å². The molecule has 0 unspecified atom stereocenters. The fraction of sp³-hybridized carbons (Fsp3) is 0.129. The largest absolute Gasteiger partial charge is 0.437 e. The van der Waals surface area contributed by atoms with Gasteiger partial charge in [-0.2, -0.15) is 0 Å². The van der Waals surface area contributed by atoms with Crippen LogP contribution in [0, 0.1) is 62.3 Å². The summed E-state index contributed by atoms with van der Waals surface area (Å²) in [5, 5.41) is 8.76. The first-order valence-electron chi connectivity index (χ1n) is 38.3. The molecule has 8 aromatic carbocycles. The number of nitrogens with zero attached hydrogens (tertiary/aromatic N) is 8. The number of aromatic nitrogens is 8. The molecule has 0 aliphatic carbocycles. The monoisotopic (exact) mass is 1470 g/mol. The number of furan rings is 4. The van der Waals surface area contributed by atoms with Crippen LogP contribution in [0.3, 0.4) is 0 Å². The van der Waals surface area contributed by atoms with Crippen LogP contribution < -0.4 is 18.3 Å². The molecular weight excluding hydrogens is 1390 g/mol. The van der Waals surface area contributed by atoms with Gasteiger partial charge in [-0.05, 0) is 189 Å². The van der Waals surface area contributed by atoms with E-state index in [9.17, 15) is 0 Å². The number of benzene rings is 8. The Hall–Kier alpha value is -13.8. The van der Waals surface area contributed by atoms with Gasteiger partial charge in [-0.1, -0.05) is 158 Å². The number of rotatable bonds is 8. The molecule has 0 spiro atoms. The van der Waals surface area contributed by atoms with Crippen molar-refractivity contribution in [2.45, 2.75) is 62.3 Å². The average molecular weight is 1480 g/mol. The van der Waals surface area contributed by atoms with E-state index in [1.54, 1.807) is 24.8 Å². The summed E-state index contributed by atoms with van der Waals surface area (Å²) in [5.41, 5.74) is 36.2. The lowest BCUT2D eigenvalue weighted by Crippen LogP contribution is -2.31. The maximum Gasteiger partial charge on any atom is 0.227 e. The lowest BCUT2D eigenvalue weighted by atomic mass is 9.95. The van der Waals surface area contributed by atoms with E-state index in [4.69, 9.17) is 17.7 Å². The number of hydrogen-bond acceptors (Lipinski definition) is 8. The van der Waals surface area contributed by atoms with Crippen molar-refractivity contribution in [3.8, 4) is 89.5 Å². The molecule has 0 aliphatic rings. The van der Waals surface area contributed by atoms with E-state index in [1.807, 2.05) is 42.5 Å². The van der Waals surface area contributed by atoms with Gasteiger partial charge in [0, 0.05) is 114 Å². The molecular formula is C101H86N8O4+4. The van der Waals surface area contributed by atoms with E-state index in [-0.39, 0.29) is 0 Å². The highest BCUT2D eigenvalue weighted by Gasteiger charge is 2.29. The fourth-order valence-corrected chi connectivity index (χ4v) is 16.5. The van der Waals surface area contributed by atoms with Crippen LogP contribution in [0.1, 0.15) is 50.1 Å². The maximum atomic E-state index is 6.28. The van der Waals surface area contributed by atoms with Crippen LogP contribution in [0.4, 0.5) is 0 Å². The van der Waals surface area contributed by atoms with Crippen LogP contribution in [0.2, 0.25) is 0 Å². The normalized spacial score (nSPS) is 11.4. The summed E-state index contributed by atoms with van der Waals surface area (Å²) >= 11 is 0. The Morgan fingerprint density at radius 3 is 0.894 bits per heavy atom. The second kappa shape index (κ2) is 29.9. The molecule has 12 heteroatoms. The van der Waals surface area contributed by atoms with E-state index >= 15 is 0 Å². The van der Waals surface area contributed by atoms with Gasteiger partial charge < -0.3 is 17.7 Å². The molecule has 0 fully saturated rings. The predicted molar refractivity (Wildman–Crippen MR) is 457 cm³/mol. The lowest BCUT2D eigenvalue weighted by molar-refractivity contribution is -0.660. The van der Waals surface area contributed by atoms with E-state index in [1.165, 1.54) is 94.6 Å². The molecule has 113 heavy (non-hydrogen) atoms. The molecule has 0 saturated heterocycles. The molecule has 0 N–H and O–H groups in total. The van der Waals surface area contributed by atoms with E-state index in [0.717, 1.165) is 110 Å². The minimum absolute atomic E-state index is 0.685. The number of pyridine rings is 8. The Labute approximate surface area is 656 Å². The van der Waals surface area contributed by atoms with Gasteiger partial charge in [0.15, 0.2) is 47.1 Å². The number of hydrogen-bond donors (Lipinski definition) is 0. The second-order valence-electron chi connectivity index (χ2n) is 29.8. The highest BCUT2D eigenvalue weighted by molar-refractivity contribution is 6.13. The summed E-state index contributed by atoms with van der Waals surface area (Å²) in [4.78, 5) is 17.7. The molecule has 0 atom stereocenters. The first-order chi connectivity index (χ1) is 54.9. The number of fused-ring (bicyclic) bond motifs is 12. The first kappa shape index (κ1) is 72.0. The second-order valence-corrected chi connectivity index (χ2v) is 29.8. The third-order valence-electron chi connectivity index (χ3n) is 22.0. The third-order valence-corrected chi connectivity index (χ3v) is 22.0. The summed E-state index contributed by atoms with van der Waals surface area (Å²) < 4.78 is 33.7. The molecule has 12 aromatic heterocycles. The highest BCUT2D eigenvalue weighted by Crippen LogP contribution is 2.44. The highest BCUT2D eigenvalue weighted by atomic mass is 16.4. The quantitative estimate of drug-likeness (QED) is 0.138. The van der Waals surface area contributed by atoms with Crippen molar-refractivity contribution in [2.75, 3.05) is 0 Å². The number of aryl methyl sites for hydroxylation is 13. The van der Waals surface area contributed by atoms with Crippen LogP contribution in [0.25, 0.3) is 178 Å². The van der Waals surface area contributed by atoms with Gasteiger partial charge in [-0.3, -0.25) is 0 Å². The zero-order valence-corrected chi connectivity index (χ0v) is 65.8. The predicted octanol–water partition coefficient (Wildman–Crippen LogP) is 23.3. The van der Waals surface area contributed by atoms with Gasteiger partial charge in [0.1, 0.15) is 28.2 Å². The molecule has 0 radical (unpaired) electrons. The Morgan fingerprint density at radius 2 is 0.531 bits per heavy atom. The molecule has 12 nitrogen and oxygen atoms in total. The molecule has 20 rings (SSSR count). The van der Waals surface area contributed by atoms with Crippen molar-refractivity contribution in [3.63, 3.8) is 0 Å². The summed E-state index contributed by atoms with van der Waals surface area (Å²) in [6.45, 7) is 19.4. The molecule has 20 aromatic rings. The summed E-state index contributed by atoms with van der Waals surface area (Å²) in [7, 11) is 8.39. The van der Waals surface area contributed by atoms with E-state index < -0.39 is 0 Å². The average Bonchev–Trinajstić information content (AvgIpc) is 1.64. The Balaban J connectivity index is 0.000000109. The SMILES string of the molecule is Cc1cc(-c2c(C)cc(C)c3c2oc2ncccc23)[n+](C)cc1-c1ccccc1.Cc1cc(-c2c(C)ccc3c2oc2ncccc23)[n+](C)cc1-c1ccccc1.Cc1cc(-c2c(C)ccc3c2oc2ncccc23)[n+](C)cc1-c1ccccc1.Cc1cc(C)c2c(oc3ncccc32)c1-c1ccc(-c2ccccc2)c[n+]1C. The zero-order chi connectivity index (χ0) is 77.9. The topological polar surface area (TPSA) is 120 Å². The van der Waals surface area contributed by atoms with Gasteiger partial charge in [-0.25, -0.2) is 38.2 Å². The lowest BCUT2D eigenvalue weighted by Gasteiger charge is -2.11. The molecule has 12 heterocycles. The van der Waals surface area contributed by atoms with Crippen molar-refractivity contribution < 1.29 is 35.9 Å². The summed E-state index contributed by atoms with van der Waals surface area (Å²) in [6.07, 6.45) is 15.9. The molecule has 0 amide bonds. The zero-order valence-electron chi connectivity index (χ0n) is 65.8. The van der Waals surface area contributed by atoms with Crippen molar-refractivity contribution >= 4 is 88.3 Å². The van der Waals surface area contributed by atoms with Gasteiger partial charge in [0.05, 0.1) is 22.3 Å². The maximum absolute atomic E-state index is 6.28. The van der Waals surface area contributed by atoms with Crippen LogP contribution in [-0.4, -0.2) is 19.9 Å². The smallest absolute Gasteiger partial charge is 0.227 e. The minimum Gasteiger partial charge on any atom is -0.437 e. The Bertz CT molecular complexity index is 6870. The van der Waals surface area contributed by atoms with Crippen LogP contribution in [0.5, 0.6) is 0 Å². The molecule has 0 saturated carbocycles. The van der Waals surface area contributed by atoms with Gasteiger partial charge in [-0.15, -0.1) is 0 Å². The molecule has 0 bridgehead atoms. The van der Waals surface area contributed by atoms with E-state index in [0.29, 0.717) is 22.9 Å². The van der Waals surface area contributed by atoms with Crippen molar-refractivity contribution in [2.24, 2.45) is 28.2 Å². The van der Waals surface area contributed by atoms with Crippen molar-refractivity contribution in [3.05, 3.63) is 336 Å². The summed E-state index contributed by atoms with van der Waals surface area (Å²) in [5.74, 6) is 0. The first-order valence-corrected chi connectivity index (χ1v) is 38.3. The van der Waals surface area contributed by atoms with Crippen LogP contribution in [-0.2, 0) is 28.2 Å². The molecule has 0 aliphatic heterocycles. The Kier molecular flexibility index (Phi) is 19.0. The van der Waals surface area contributed by atoms with Crippen molar-refractivity contribution in [1.29, 1.82) is 0 Å². The standard InChI is InChI=1S/C26H23N2O.3C25H21N2O/c1-16-14-22(28(4)15-21(16)19-9-6-5-7-10-19)24-18(3)13-17(2)23-20-11-8-12-27-26(20)29-25(23)24;1-16-14-17(2)23(24-22(16)20-10-7-13-26-25(20)28-24)21-12-11-19(15-27(21)3)18-8-5-4-6-9-18;2*1-16-11-12-19-20-10-7-13-26-25(20)28-24(19)23(16)22-14-17(2)21(15-27(22)3)18-8-5-4-6-9-18/h5-15H,1-4H3;3*4-15H,1-3H3/q4*+1. The molecule has 550 valence electrons. The summed E-state index contributed by atoms with van der Waals surface area (Å²) in [6, 6.07) is 82.3.